The van der Waals surface area contributed by atoms with E-state index in [9.17, 15) is 0 Å². The van der Waals surface area contributed by atoms with Gasteiger partial charge in [-0.2, -0.15) is 0 Å². The van der Waals surface area contributed by atoms with Crippen molar-refractivity contribution in [1.82, 2.24) is 5.32 Å². The number of nitrogens with one attached hydrogen (secondary N) is 1. The van der Waals surface area contributed by atoms with Crippen LogP contribution in [0, 0.1) is 0 Å². The first kappa shape index (κ1) is 12.2. The quantitative estimate of drug-likeness (QED) is 0.492. The van der Waals surface area contributed by atoms with E-state index in [0.717, 1.165) is 6.54 Å². The minimum atomic E-state index is -0.227. The third-order valence-corrected chi connectivity index (χ3v) is 1.52. The van der Waals surface area contributed by atoms with E-state index in [-0.39, 0.29) is 5.60 Å². The van der Waals surface area contributed by atoms with Gasteiger partial charge in [0.25, 0.3) is 0 Å². The molecule has 13 heavy (non-hydrogen) atoms. The summed E-state index contributed by atoms with van der Waals surface area (Å²) in [5, 5.41) is 2.93. The van der Waals surface area contributed by atoms with E-state index in [0.29, 0.717) is 19.1 Å². The lowest BCUT2D eigenvalue weighted by atomic mass is 10.1. The van der Waals surface area contributed by atoms with Crippen LogP contribution in [0.3, 0.4) is 0 Å². The van der Waals surface area contributed by atoms with E-state index in [4.69, 9.17) is 10.5 Å². The van der Waals surface area contributed by atoms with Crippen LogP contribution < -0.4 is 11.1 Å². The van der Waals surface area contributed by atoms with Crippen molar-refractivity contribution in [3.63, 3.8) is 0 Å². The second-order valence-electron chi connectivity index (χ2n) is 3.42. The molecular formula is C9H21N3O. The average molecular weight is 187 g/mol. The van der Waals surface area contributed by atoms with Crippen molar-refractivity contribution in [3.05, 3.63) is 0 Å². The van der Waals surface area contributed by atoms with Crippen LogP contribution in [0.5, 0.6) is 0 Å². The zero-order chi connectivity index (χ0) is 10.3. The molecule has 0 unspecified atom stereocenters. The van der Waals surface area contributed by atoms with Crippen LogP contribution in [0.15, 0.2) is 4.99 Å². The number of nitrogens with two attached hydrogens (primary N) is 1. The maximum atomic E-state index is 5.57. The number of aliphatic imine (C=N–C) groups is 1. The third-order valence-electron chi connectivity index (χ3n) is 1.52. The molecule has 0 amide bonds. The number of rotatable bonds is 5. The summed E-state index contributed by atoms with van der Waals surface area (Å²) in [7, 11) is 0. The summed E-state index contributed by atoms with van der Waals surface area (Å²) in [6.45, 7) is 10.0. The van der Waals surface area contributed by atoms with Crippen molar-refractivity contribution in [2.45, 2.75) is 33.3 Å². The number of hydrogen-bond donors (Lipinski definition) is 2. The molecule has 0 aromatic heterocycles. The molecule has 0 atom stereocenters. The second-order valence-corrected chi connectivity index (χ2v) is 3.42. The van der Waals surface area contributed by atoms with Crippen LogP contribution in [0.4, 0.5) is 0 Å². The van der Waals surface area contributed by atoms with Crippen LogP contribution in [-0.4, -0.2) is 31.3 Å². The maximum absolute atomic E-state index is 5.57. The molecule has 0 heterocycles. The van der Waals surface area contributed by atoms with Gasteiger partial charge in [-0.15, -0.1) is 0 Å². The SMILES string of the molecule is CCNC(N)=NCC(C)(C)OCC. The molecule has 0 fully saturated rings. The zero-order valence-corrected chi connectivity index (χ0v) is 9.05. The molecule has 0 aromatic rings. The highest BCUT2D eigenvalue weighted by molar-refractivity contribution is 5.77. The van der Waals surface area contributed by atoms with E-state index in [2.05, 4.69) is 10.3 Å². The molecule has 0 spiro atoms. The molecular weight excluding hydrogens is 166 g/mol. The normalized spacial score (nSPS) is 13.1. The maximum Gasteiger partial charge on any atom is 0.188 e. The number of hydrogen-bond acceptors (Lipinski definition) is 2. The molecule has 0 rings (SSSR count). The first-order valence-corrected chi connectivity index (χ1v) is 4.69. The molecule has 0 aliphatic heterocycles. The van der Waals surface area contributed by atoms with Crippen LogP contribution in [0.1, 0.15) is 27.7 Å². The van der Waals surface area contributed by atoms with Gasteiger partial charge in [-0.3, -0.25) is 4.99 Å². The largest absolute Gasteiger partial charge is 0.374 e. The lowest BCUT2D eigenvalue weighted by Gasteiger charge is -2.22. The highest BCUT2D eigenvalue weighted by atomic mass is 16.5. The van der Waals surface area contributed by atoms with E-state index in [1.807, 2.05) is 27.7 Å². The Morgan fingerprint density at radius 1 is 1.46 bits per heavy atom. The van der Waals surface area contributed by atoms with Crippen LogP contribution in [-0.2, 0) is 4.74 Å². The zero-order valence-electron chi connectivity index (χ0n) is 9.05. The molecule has 0 aromatic carbocycles. The van der Waals surface area contributed by atoms with Gasteiger partial charge in [0.1, 0.15) is 0 Å². The molecule has 4 heteroatoms. The van der Waals surface area contributed by atoms with Gasteiger partial charge in [0.05, 0.1) is 12.1 Å². The Hall–Kier alpha value is -0.770. The average Bonchev–Trinajstić information content (AvgIpc) is 2.02. The van der Waals surface area contributed by atoms with Crippen LogP contribution >= 0.6 is 0 Å². The first-order chi connectivity index (χ1) is 6.02. The molecule has 4 nitrogen and oxygen atoms in total. The van der Waals surface area contributed by atoms with E-state index in [1.165, 1.54) is 0 Å². The highest BCUT2D eigenvalue weighted by Gasteiger charge is 2.16. The first-order valence-electron chi connectivity index (χ1n) is 4.69. The van der Waals surface area contributed by atoms with Crippen molar-refractivity contribution in [2.75, 3.05) is 19.7 Å². The van der Waals surface area contributed by atoms with Crippen molar-refractivity contribution >= 4 is 5.96 Å². The van der Waals surface area contributed by atoms with Gasteiger partial charge < -0.3 is 15.8 Å². The molecule has 0 bridgehead atoms. The minimum Gasteiger partial charge on any atom is -0.374 e. The Bertz CT molecular complexity index is 166. The minimum absolute atomic E-state index is 0.227. The third kappa shape index (κ3) is 6.40. The van der Waals surface area contributed by atoms with Gasteiger partial charge in [-0.1, -0.05) is 0 Å². The van der Waals surface area contributed by atoms with Gasteiger partial charge in [0.2, 0.25) is 0 Å². The summed E-state index contributed by atoms with van der Waals surface area (Å²) in [4.78, 5) is 4.16. The predicted molar refractivity (Wildman–Crippen MR) is 55.9 cm³/mol. The Balaban J connectivity index is 3.90. The topological polar surface area (TPSA) is 59.6 Å². The van der Waals surface area contributed by atoms with E-state index in [1.54, 1.807) is 0 Å². The monoisotopic (exact) mass is 187 g/mol. The van der Waals surface area contributed by atoms with Crippen molar-refractivity contribution in [3.8, 4) is 0 Å². The lowest BCUT2D eigenvalue weighted by Crippen LogP contribution is -2.35. The summed E-state index contributed by atoms with van der Waals surface area (Å²) in [5.74, 6) is 0.482. The predicted octanol–water partition coefficient (Wildman–Crippen LogP) is 0.726. The Morgan fingerprint density at radius 3 is 2.54 bits per heavy atom. The molecule has 0 saturated heterocycles. The fourth-order valence-electron chi connectivity index (χ4n) is 0.949. The van der Waals surface area contributed by atoms with Gasteiger partial charge in [0, 0.05) is 13.2 Å². The molecule has 0 aliphatic rings. The van der Waals surface area contributed by atoms with E-state index >= 15 is 0 Å². The van der Waals surface area contributed by atoms with E-state index < -0.39 is 0 Å². The van der Waals surface area contributed by atoms with Crippen molar-refractivity contribution < 1.29 is 4.74 Å². The highest BCUT2D eigenvalue weighted by Crippen LogP contribution is 2.08. The molecule has 0 saturated carbocycles. The Labute approximate surface area is 80.6 Å². The molecule has 0 aliphatic carbocycles. The van der Waals surface area contributed by atoms with Crippen LogP contribution in [0.2, 0.25) is 0 Å². The fourth-order valence-corrected chi connectivity index (χ4v) is 0.949. The molecule has 3 N–H and O–H groups in total. The number of guanidine groups is 1. The van der Waals surface area contributed by atoms with Gasteiger partial charge >= 0.3 is 0 Å². The summed E-state index contributed by atoms with van der Waals surface area (Å²) in [5.41, 5.74) is 5.34. The van der Waals surface area contributed by atoms with Crippen LogP contribution in [0.25, 0.3) is 0 Å². The smallest absolute Gasteiger partial charge is 0.188 e. The molecule has 78 valence electrons. The summed E-state index contributed by atoms with van der Waals surface area (Å²) in [6.07, 6.45) is 0. The fraction of sp³-hybridized carbons (Fsp3) is 0.889. The van der Waals surface area contributed by atoms with Gasteiger partial charge in [0.15, 0.2) is 5.96 Å². The Morgan fingerprint density at radius 2 is 2.08 bits per heavy atom. The summed E-state index contributed by atoms with van der Waals surface area (Å²) < 4.78 is 5.47. The standard InChI is InChI=1S/C9H21N3O/c1-5-11-8(10)12-7-9(3,4)13-6-2/h5-7H2,1-4H3,(H3,10,11,12). The summed E-state index contributed by atoms with van der Waals surface area (Å²) in [6, 6.07) is 0. The Kier molecular flexibility index (Phi) is 5.46. The molecule has 0 radical (unpaired) electrons. The van der Waals surface area contributed by atoms with Crippen molar-refractivity contribution in [2.24, 2.45) is 10.7 Å². The summed E-state index contributed by atoms with van der Waals surface area (Å²) >= 11 is 0. The lowest BCUT2D eigenvalue weighted by molar-refractivity contribution is -0.00215. The van der Waals surface area contributed by atoms with Gasteiger partial charge in [-0.05, 0) is 27.7 Å². The second kappa shape index (κ2) is 5.80. The van der Waals surface area contributed by atoms with Gasteiger partial charge in [-0.25, -0.2) is 0 Å². The van der Waals surface area contributed by atoms with Crippen molar-refractivity contribution in [1.29, 1.82) is 0 Å². The number of ether oxygens (including phenoxy) is 1. The number of nitrogens with zero attached hydrogens (tertiary/aromatic N) is 1.